The molecule has 1 N–H and O–H groups in total. The second-order valence-electron chi connectivity index (χ2n) is 10.3. The monoisotopic (exact) mass is 468 g/mol. The predicted molar refractivity (Wildman–Crippen MR) is 149 cm³/mol. The molecule has 0 atom stereocenters. The van der Waals surface area contributed by atoms with Crippen molar-refractivity contribution in [2.75, 3.05) is 0 Å². The van der Waals surface area contributed by atoms with Gasteiger partial charge < -0.3 is 5.11 Å². The number of hydrogen-bond acceptors (Lipinski definition) is 1. The quantitative estimate of drug-likeness (QED) is 0.128. The lowest BCUT2D eigenvalue weighted by molar-refractivity contribution is -0.137. The molecule has 2 nitrogen and oxygen atoms in total. The molecule has 0 aromatic rings. The van der Waals surface area contributed by atoms with E-state index >= 15 is 0 Å². The van der Waals surface area contributed by atoms with Crippen molar-refractivity contribution in [3.05, 3.63) is 0 Å². The lowest BCUT2D eigenvalue weighted by Crippen LogP contribution is -1.93. The van der Waals surface area contributed by atoms with Crippen LogP contribution in [0.4, 0.5) is 0 Å². The molecule has 0 spiro atoms. The van der Waals surface area contributed by atoms with Crippen LogP contribution in [0.5, 0.6) is 0 Å². The molecular weight excluding hydrogens is 404 g/mol. The highest BCUT2D eigenvalue weighted by molar-refractivity contribution is 5.66. The van der Waals surface area contributed by atoms with Crippen LogP contribution in [0.15, 0.2) is 0 Å². The predicted octanol–water partition coefficient (Wildman–Crippen LogP) is 11.6. The molecule has 200 valence electrons. The van der Waals surface area contributed by atoms with Crippen molar-refractivity contribution in [2.45, 2.75) is 194 Å². The first-order chi connectivity index (χ1) is 16.2. The van der Waals surface area contributed by atoms with Gasteiger partial charge in [0.2, 0.25) is 0 Å². The van der Waals surface area contributed by atoms with E-state index in [1.54, 1.807) is 0 Å². The van der Waals surface area contributed by atoms with Crippen molar-refractivity contribution in [3.8, 4) is 0 Å². The Morgan fingerprint density at radius 1 is 0.364 bits per heavy atom. The van der Waals surface area contributed by atoms with Crippen molar-refractivity contribution >= 4 is 5.97 Å². The van der Waals surface area contributed by atoms with Crippen molar-refractivity contribution in [3.63, 3.8) is 0 Å². The van der Waals surface area contributed by atoms with Crippen molar-refractivity contribution in [2.24, 2.45) is 0 Å². The van der Waals surface area contributed by atoms with Crippen LogP contribution in [0.2, 0.25) is 0 Å². The maximum atomic E-state index is 10.3. The van der Waals surface area contributed by atoms with Crippen LogP contribution < -0.4 is 0 Å². The molecule has 0 radical (unpaired) electrons. The number of carboxylic acid groups (broad SMARTS) is 1. The summed E-state index contributed by atoms with van der Waals surface area (Å²) in [4.78, 5) is 10.3. The summed E-state index contributed by atoms with van der Waals surface area (Å²) in [6.07, 6.45) is 36.3. The molecule has 0 aliphatic heterocycles. The Labute approximate surface area is 210 Å². The van der Waals surface area contributed by atoms with Gasteiger partial charge in [-0.2, -0.15) is 0 Å². The number of rotatable bonds is 26. The zero-order chi connectivity index (χ0) is 24.7. The Morgan fingerprint density at radius 2 is 0.545 bits per heavy atom. The van der Waals surface area contributed by atoms with Gasteiger partial charge in [0.25, 0.3) is 0 Å². The van der Waals surface area contributed by atoms with Gasteiger partial charge in [-0.05, 0) is 6.42 Å². The van der Waals surface area contributed by atoms with Crippen molar-refractivity contribution in [1.82, 2.24) is 0 Å². The molecule has 0 amide bonds. The molecule has 0 aliphatic rings. The lowest BCUT2D eigenvalue weighted by Gasteiger charge is -2.02. The van der Waals surface area contributed by atoms with Crippen LogP contribution in [0.3, 0.4) is 0 Å². The molecule has 0 bridgehead atoms. The van der Waals surface area contributed by atoms with Gasteiger partial charge in [0.15, 0.2) is 0 Å². The summed E-state index contributed by atoms with van der Waals surface area (Å²) < 4.78 is 0. The molecule has 0 unspecified atom stereocenters. The topological polar surface area (TPSA) is 37.3 Å². The minimum absolute atomic E-state index is 0.344. The average Bonchev–Trinajstić information content (AvgIpc) is 2.81. The lowest BCUT2D eigenvalue weighted by atomic mass is 10.0. The SMILES string of the molecule is CCCCCCCCCCCCCC(=O)O.CCCCCCCCCCCCCCCCC. The van der Waals surface area contributed by atoms with Crippen LogP contribution in [0.1, 0.15) is 194 Å². The molecule has 0 fully saturated rings. The van der Waals surface area contributed by atoms with Crippen molar-refractivity contribution < 1.29 is 9.90 Å². The molecule has 0 saturated heterocycles. The van der Waals surface area contributed by atoms with Gasteiger partial charge in [0.05, 0.1) is 0 Å². The summed E-state index contributed by atoms with van der Waals surface area (Å²) in [5, 5.41) is 8.46. The third-order valence-corrected chi connectivity index (χ3v) is 6.70. The van der Waals surface area contributed by atoms with E-state index in [-0.39, 0.29) is 0 Å². The van der Waals surface area contributed by atoms with E-state index in [9.17, 15) is 4.79 Å². The van der Waals surface area contributed by atoms with Crippen LogP contribution in [0, 0.1) is 0 Å². The van der Waals surface area contributed by atoms with Crippen LogP contribution in [-0.4, -0.2) is 11.1 Å². The Bertz CT molecular complexity index is 326. The Morgan fingerprint density at radius 3 is 0.727 bits per heavy atom. The van der Waals surface area contributed by atoms with E-state index in [1.165, 1.54) is 154 Å². The van der Waals surface area contributed by atoms with E-state index < -0.39 is 5.97 Å². The Balaban J connectivity index is 0. The second kappa shape index (κ2) is 33.6. The summed E-state index contributed by atoms with van der Waals surface area (Å²) in [5.41, 5.74) is 0. The van der Waals surface area contributed by atoms with Gasteiger partial charge in [-0.1, -0.05) is 181 Å². The standard InChI is InChI=1S/C17H36.C14H28O2/c1-3-5-7-9-11-13-15-17-16-14-12-10-8-6-4-2;1-2-3-4-5-6-7-8-9-10-11-12-13-14(15)16/h3-17H2,1-2H3;2-13H2,1H3,(H,15,16). The van der Waals surface area contributed by atoms with Gasteiger partial charge in [-0.25, -0.2) is 0 Å². The fourth-order valence-corrected chi connectivity index (χ4v) is 4.38. The highest BCUT2D eigenvalue weighted by atomic mass is 16.4. The summed E-state index contributed by atoms with van der Waals surface area (Å²) in [6, 6.07) is 0. The Kier molecular flexibility index (Phi) is 35.3. The first kappa shape index (κ1) is 34.6. The van der Waals surface area contributed by atoms with Gasteiger partial charge in [0.1, 0.15) is 0 Å². The molecule has 33 heavy (non-hydrogen) atoms. The van der Waals surface area contributed by atoms with Crippen LogP contribution >= 0.6 is 0 Å². The number of aliphatic carboxylic acids is 1. The third-order valence-electron chi connectivity index (χ3n) is 6.70. The summed E-state index contributed by atoms with van der Waals surface area (Å²) in [5.74, 6) is -0.657. The van der Waals surface area contributed by atoms with Gasteiger partial charge >= 0.3 is 5.97 Å². The number of hydrogen-bond donors (Lipinski definition) is 1. The van der Waals surface area contributed by atoms with Crippen LogP contribution in [0.25, 0.3) is 0 Å². The summed E-state index contributed by atoms with van der Waals surface area (Å²) in [7, 11) is 0. The Hall–Kier alpha value is -0.530. The highest BCUT2D eigenvalue weighted by Crippen LogP contribution is 2.13. The number of carboxylic acids is 1. The minimum atomic E-state index is -0.657. The second-order valence-corrected chi connectivity index (χ2v) is 10.3. The maximum absolute atomic E-state index is 10.3. The third kappa shape index (κ3) is 39.0. The van der Waals surface area contributed by atoms with E-state index in [0.717, 1.165) is 12.8 Å². The van der Waals surface area contributed by atoms with Crippen LogP contribution in [-0.2, 0) is 4.79 Å². The maximum Gasteiger partial charge on any atom is 0.303 e. The van der Waals surface area contributed by atoms with Gasteiger partial charge in [-0.3, -0.25) is 4.79 Å². The summed E-state index contributed by atoms with van der Waals surface area (Å²) >= 11 is 0. The zero-order valence-electron chi connectivity index (χ0n) is 23.4. The number of carbonyl (C=O) groups is 1. The minimum Gasteiger partial charge on any atom is -0.481 e. The normalized spacial score (nSPS) is 10.8. The first-order valence-electron chi connectivity index (χ1n) is 15.4. The fraction of sp³-hybridized carbons (Fsp3) is 0.968. The summed E-state index contributed by atoms with van der Waals surface area (Å²) in [6.45, 7) is 6.83. The van der Waals surface area contributed by atoms with E-state index in [2.05, 4.69) is 20.8 Å². The molecule has 0 aliphatic carbocycles. The molecule has 0 aromatic heterocycles. The largest absolute Gasteiger partial charge is 0.481 e. The zero-order valence-corrected chi connectivity index (χ0v) is 23.4. The average molecular weight is 469 g/mol. The van der Waals surface area contributed by atoms with E-state index in [4.69, 9.17) is 5.11 Å². The molecule has 0 aromatic carbocycles. The molecule has 0 rings (SSSR count). The first-order valence-corrected chi connectivity index (χ1v) is 15.4. The molecule has 0 heterocycles. The smallest absolute Gasteiger partial charge is 0.303 e. The fourth-order valence-electron chi connectivity index (χ4n) is 4.38. The van der Waals surface area contributed by atoms with E-state index in [1.807, 2.05) is 0 Å². The molecule has 2 heteroatoms. The highest BCUT2D eigenvalue weighted by Gasteiger charge is 1.97. The molecule has 0 saturated carbocycles. The molecular formula is C31H64O2. The van der Waals surface area contributed by atoms with Gasteiger partial charge in [-0.15, -0.1) is 0 Å². The van der Waals surface area contributed by atoms with Crippen molar-refractivity contribution in [1.29, 1.82) is 0 Å². The van der Waals surface area contributed by atoms with E-state index in [0.29, 0.717) is 6.42 Å². The number of unbranched alkanes of at least 4 members (excludes halogenated alkanes) is 24. The van der Waals surface area contributed by atoms with Gasteiger partial charge in [0, 0.05) is 6.42 Å².